The number of anilines is 1. The van der Waals surface area contributed by atoms with E-state index in [1.807, 2.05) is 13.0 Å². The Labute approximate surface area is 188 Å². The first kappa shape index (κ1) is 21.1. The molecule has 0 bridgehead atoms. The van der Waals surface area contributed by atoms with Gasteiger partial charge < -0.3 is 5.32 Å². The smallest absolute Gasteiger partial charge is 0.278 e. The van der Waals surface area contributed by atoms with Crippen molar-refractivity contribution in [2.24, 2.45) is 0 Å². The highest BCUT2D eigenvalue weighted by Crippen LogP contribution is 2.33. The summed E-state index contributed by atoms with van der Waals surface area (Å²) in [5.74, 6) is -1.37. The van der Waals surface area contributed by atoms with Crippen molar-refractivity contribution < 1.29 is 14.0 Å². The van der Waals surface area contributed by atoms with Crippen molar-refractivity contribution in [3.63, 3.8) is 0 Å². The Morgan fingerprint density at radius 2 is 1.52 bits per heavy atom. The standard InChI is InChI=1S/C24H17Cl2FN2O2/c1-14-2-7-18(26)12-20(14)28-22-21(16-5-10-19(27)11-6-16)23(30)29(24(22)31)13-15-3-8-17(25)9-4-15/h2-12,28H,13H2,1H3. The molecule has 0 radical (unpaired) electrons. The monoisotopic (exact) mass is 454 g/mol. The Morgan fingerprint density at radius 3 is 2.19 bits per heavy atom. The third-order valence-electron chi connectivity index (χ3n) is 5.01. The van der Waals surface area contributed by atoms with E-state index in [9.17, 15) is 14.0 Å². The van der Waals surface area contributed by atoms with Gasteiger partial charge in [0.25, 0.3) is 11.8 Å². The molecule has 0 unspecified atom stereocenters. The molecular weight excluding hydrogens is 438 g/mol. The van der Waals surface area contributed by atoms with E-state index in [1.54, 1.807) is 36.4 Å². The molecule has 1 aliphatic heterocycles. The summed E-state index contributed by atoms with van der Waals surface area (Å²) >= 11 is 12.1. The molecule has 0 fully saturated rings. The molecule has 3 aromatic rings. The number of hydrogen-bond acceptors (Lipinski definition) is 3. The minimum absolute atomic E-state index is 0.0826. The second kappa shape index (κ2) is 8.53. The van der Waals surface area contributed by atoms with Gasteiger partial charge in [0, 0.05) is 15.7 Å². The van der Waals surface area contributed by atoms with Crippen LogP contribution in [0.3, 0.4) is 0 Å². The molecule has 3 aromatic carbocycles. The van der Waals surface area contributed by atoms with Gasteiger partial charge in [0.15, 0.2) is 0 Å². The van der Waals surface area contributed by atoms with Crippen molar-refractivity contribution in [1.82, 2.24) is 4.90 Å². The lowest BCUT2D eigenvalue weighted by Gasteiger charge is -2.16. The van der Waals surface area contributed by atoms with E-state index >= 15 is 0 Å². The largest absolute Gasteiger partial charge is 0.350 e. The summed E-state index contributed by atoms with van der Waals surface area (Å²) < 4.78 is 13.5. The van der Waals surface area contributed by atoms with Crippen molar-refractivity contribution in [1.29, 1.82) is 0 Å². The molecule has 4 nitrogen and oxygen atoms in total. The van der Waals surface area contributed by atoms with Crippen LogP contribution in [0.15, 0.2) is 72.4 Å². The lowest BCUT2D eigenvalue weighted by atomic mass is 10.0. The highest BCUT2D eigenvalue weighted by Gasteiger charge is 2.39. The number of rotatable bonds is 5. The first-order valence-electron chi connectivity index (χ1n) is 9.47. The number of carbonyl (C=O) groups excluding carboxylic acids is 2. The molecule has 156 valence electrons. The lowest BCUT2D eigenvalue weighted by Crippen LogP contribution is -2.32. The number of nitrogens with zero attached hydrogens (tertiary/aromatic N) is 1. The van der Waals surface area contributed by atoms with Crippen LogP contribution in [-0.2, 0) is 16.1 Å². The third-order valence-corrected chi connectivity index (χ3v) is 5.50. The normalized spacial score (nSPS) is 13.9. The Kier molecular flexibility index (Phi) is 5.81. The fraction of sp³-hybridized carbons (Fsp3) is 0.0833. The number of imide groups is 1. The number of carbonyl (C=O) groups is 2. The van der Waals surface area contributed by atoms with Crippen LogP contribution < -0.4 is 5.32 Å². The SMILES string of the molecule is Cc1ccc(Cl)cc1NC1=C(c2ccc(F)cc2)C(=O)N(Cc2ccc(Cl)cc2)C1=O. The summed E-state index contributed by atoms with van der Waals surface area (Å²) in [6.07, 6.45) is 0. The first-order valence-corrected chi connectivity index (χ1v) is 10.2. The number of nitrogens with one attached hydrogen (secondary N) is 1. The van der Waals surface area contributed by atoms with Crippen molar-refractivity contribution in [3.05, 3.63) is 105 Å². The molecule has 1 N–H and O–H groups in total. The first-order chi connectivity index (χ1) is 14.8. The predicted molar refractivity (Wildman–Crippen MR) is 120 cm³/mol. The van der Waals surface area contributed by atoms with Crippen molar-refractivity contribution in [3.8, 4) is 0 Å². The summed E-state index contributed by atoms with van der Waals surface area (Å²) in [6, 6.07) is 17.6. The van der Waals surface area contributed by atoms with E-state index in [-0.39, 0.29) is 17.8 Å². The molecule has 31 heavy (non-hydrogen) atoms. The Bertz CT molecular complexity index is 1210. The van der Waals surface area contributed by atoms with Gasteiger partial charge in [0.1, 0.15) is 11.5 Å². The lowest BCUT2D eigenvalue weighted by molar-refractivity contribution is -0.137. The summed E-state index contributed by atoms with van der Waals surface area (Å²) in [6.45, 7) is 1.95. The van der Waals surface area contributed by atoms with E-state index in [0.29, 0.717) is 21.3 Å². The number of halogens is 3. The van der Waals surface area contributed by atoms with Crippen LogP contribution in [0.5, 0.6) is 0 Å². The van der Waals surface area contributed by atoms with Crippen LogP contribution in [0.25, 0.3) is 5.57 Å². The van der Waals surface area contributed by atoms with Crippen molar-refractivity contribution in [2.75, 3.05) is 5.32 Å². The topological polar surface area (TPSA) is 49.4 Å². The van der Waals surface area contributed by atoms with E-state index < -0.39 is 17.6 Å². The molecule has 0 saturated carbocycles. The average Bonchev–Trinajstić information content (AvgIpc) is 2.97. The zero-order valence-corrected chi connectivity index (χ0v) is 18.0. The minimum atomic E-state index is -0.473. The summed E-state index contributed by atoms with van der Waals surface area (Å²) in [5.41, 5.74) is 2.96. The maximum Gasteiger partial charge on any atom is 0.278 e. The van der Waals surface area contributed by atoms with E-state index in [1.165, 1.54) is 24.3 Å². The second-order valence-corrected chi connectivity index (χ2v) is 8.04. The molecule has 1 aliphatic rings. The molecule has 2 amide bonds. The Hall–Kier alpha value is -3.15. The van der Waals surface area contributed by atoms with Crippen molar-refractivity contribution in [2.45, 2.75) is 13.5 Å². The number of hydrogen-bond donors (Lipinski definition) is 1. The summed E-state index contributed by atoms with van der Waals surface area (Å²) in [5, 5.41) is 4.14. The molecule has 1 heterocycles. The number of aryl methyl sites for hydroxylation is 1. The molecule has 0 spiro atoms. The molecule has 4 rings (SSSR count). The minimum Gasteiger partial charge on any atom is -0.350 e. The van der Waals surface area contributed by atoms with Crippen LogP contribution in [0.4, 0.5) is 10.1 Å². The second-order valence-electron chi connectivity index (χ2n) is 7.16. The van der Waals surface area contributed by atoms with E-state index in [2.05, 4.69) is 5.32 Å². The fourth-order valence-corrected chi connectivity index (χ4v) is 3.65. The average molecular weight is 455 g/mol. The van der Waals surface area contributed by atoms with Gasteiger partial charge in [-0.05, 0) is 60.0 Å². The van der Waals surface area contributed by atoms with Gasteiger partial charge in [-0.25, -0.2) is 4.39 Å². The van der Waals surface area contributed by atoms with Crippen LogP contribution in [0.2, 0.25) is 10.0 Å². The third kappa shape index (κ3) is 4.33. The highest BCUT2D eigenvalue weighted by molar-refractivity contribution is 6.36. The molecular formula is C24H17Cl2FN2O2. The summed E-state index contributed by atoms with van der Waals surface area (Å²) in [7, 11) is 0. The quantitative estimate of drug-likeness (QED) is 0.493. The Morgan fingerprint density at radius 1 is 0.871 bits per heavy atom. The molecule has 0 aromatic heterocycles. The van der Waals surface area contributed by atoms with Gasteiger partial charge in [-0.1, -0.05) is 53.5 Å². The molecule has 0 aliphatic carbocycles. The maximum absolute atomic E-state index is 13.5. The van der Waals surface area contributed by atoms with Gasteiger partial charge in [0.2, 0.25) is 0 Å². The van der Waals surface area contributed by atoms with Gasteiger partial charge in [0.05, 0.1) is 12.1 Å². The van der Waals surface area contributed by atoms with Gasteiger partial charge in [-0.3, -0.25) is 14.5 Å². The summed E-state index contributed by atoms with van der Waals surface area (Å²) in [4.78, 5) is 27.7. The zero-order valence-electron chi connectivity index (χ0n) is 16.5. The highest BCUT2D eigenvalue weighted by atomic mass is 35.5. The van der Waals surface area contributed by atoms with E-state index in [4.69, 9.17) is 23.2 Å². The molecule has 0 atom stereocenters. The van der Waals surface area contributed by atoms with Gasteiger partial charge in [-0.15, -0.1) is 0 Å². The van der Waals surface area contributed by atoms with Gasteiger partial charge in [-0.2, -0.15) is 0 Å². The van der Waals surface area contributed by atoms with E-state index in [0.717, 1.165) is 16.0 Å². The molecule has 0 saturated heterocycles. The maximum atomic E-state index is 13.5. The number of benzene rings is 3. The van der Waals surface area contributed by atoms with Crippen molar-refractivity contribution >= 4 is 46.3 Å². The zero-order chi connectivity index (χ0) is 22.1. The van der Waals surface area contributed by atoms with Crippen LogP contribution in [0.1, 0.15) is 16.7 Å². The number of amides is 2. The van der Waals surface area contributed by atoms with Crippen LogP contribution in [-0.4, -0.2) is 16.7 Å². The predicted octanol–water partition coefficient (Wildman–Crippen LogP) is 5.83. The van der Waals surface area contributed by atoms with Crippen LogP contribution >= 0.6 is 23.2 Å². The Balaban J connectivity index is 1.76. The van der Waals surface area contributed by atoms with Gasteiger partial charge >= 0.3 is 0 Å². The van der Waals surface area contributed by atoms with Crippen LogP contribution in [0, 0.1) is 12.7 Å². The molecule has 7 heteroatoms. The fourth-order valence-electron chi connectivity index (χ4n) is 3.36.